The highest BCUT2D eigenvalue weighted by molar-refractivity contribution is 9.10. The number of hydrogen-bond acceptors (Lipinski definition) is 3. The Morgan fingerprint density at radius 1 is 0.963 bits per heavy atom. The second-order valence-electron chi connectivity index (χ2n) is 6.05. The molecule has 0 heterocycles. The highest BCUT2D eigenvalue weighted by atomic mass is 79.9. The normalized spacial score (nSPS) is 10.3. The van der Waals surface area contributed by atoms with Crippen LogP contribution in [0.5, 0.6) is 11.5 Å². The number of benzene rings is 3. The van der Waals surface area contributed by atoms with Crippen LogP contribution in [0, 0.1) is 6.92 Å². The maximum Gasteiger partial charge on any atom is 0.262 e. The number of amides is 1. The lowest BCUT2D eigenvalue weighted by Gasteiger charge is -2.11. The Labute approximate surface area is 167 Å². The summed E-state index contributed by atoms with van der Waals surface area (Å²) in [6.45, 7) is 2.35. The van der Waals surface area contributed by atoms with Gasteiger partial charge in [-0.05, 0) is 48.4 Å². The first-order chi connectivity index (χ1) is 13.1. The van der Waals surface area contributed by atoms with Crippen molar-refractivity contribution < 1.29 is 14.3 Å². The lowest BCUT2D eigenvalue weighted by Crippen LogP contribution is -2.20. The zero-order valence-electron chi connectivity index (χ0n) is 14.9. The zero-order valence-corrected chi connectivity index (χ0v) is 16.5. The van der Waals surface area contributed by atoms with Crippen LogP contribution in [0.4, 0.5) is 5.69 Å². The van der Waals surface area contributed by atoms with Crippen molar-refractivity contribution in [3.05, 3.63) is 88.4 Å². The molecule has 0 spiro atoms. The van der Waals surface area contributed by atoms with E-state index >= 15 is 0 Å². The minimum atomic E-state index is -0.225. The van der Waals surface area contributed by atoms with Crippen molar-refractivity contribution in [2.45, 2.75) is 13.5 Å². The first kappa shape index (κ1) is 19.0. The fraction of sp³-hybridized carbons (Fsp3) is 0.136. The third-order valence-corrected chi connectivity index (χ3v) is 4.36. The molecule has 0 saturated heterocycles. The molecule has 0 aliphatic heterocycles. The highest BCUT2D eigenvalue weighted by Crippen LogP contribution is 2.22. The van der Waals surface area contributed by atoms with Gasteiger partial charge in [0.2, 0.25) is 0 Å². The molecule has 3 rings (SSSR count). The summed E-state index contributed by atoms with van der Waals surface area (Å²) in [6, 6.07) is 22.9. The second-order valence-corrected chi connectivity index (χ2v) is 6.96. The van der Waals surface area contributed by atoms with Crippen LogP contribution in [-0.2, 0) is 11.4 Å². The van der Waals surface area contributed by atoms with Gasteiger partial charge in [-0.3, -0.25) is 4.79 Å². The summed E-state index contributed by atoms with van der Waals surface area (Å²) >= 11 is 3.41. The van der Waals surface area contributed by atoms with Crippen LogP contribution in [0.2, 0.25) is 0 Å². The summed E-state index contributed by atoms with van der Waals surface area (Å²) in [5, 5.41) is 2.83. The van der Waals surface area contributed by atoms with Gasteiger partial charge in [-0.25, -0.2) is 0 Å². The molecule has 0 aromatic heterocycles. The number of anilines is 1. The van der Waals surface area contributed by atoms with E-state index in [9.17, 15) is 4.79 Å². The number of hydrogen-bond donors (Lipinski definition) is 1. The minimum absolute atomic E-state index is 0.0580. The van der Waals surface area contributed by atoms with Crippen molar-refractivity contribution in [2.75, 3.05) is 11.9 Å². The maximum absolute atomic E-state index is 12.2. The number of halogens is 1. The molecule has 0 atom stereocenters. The number of rotatable bonds is 7. The van der Waals surface area contributed by atoms with Crippen molar-refractivity contribution in [2.24, 2.45) is 0 Å². The van der Waals surface area contributed by atoms with Gasteiger partial charge in [0.05, 0.1) is 0 Å². The quantitative estimate of drug-likeness (QED) is 0.554. The Morgan fingerprint density at radius 2 is 1.78 bits per heavy atom. The van der Waals surface area contributed by atoms with Gasteiger partial charge in [0.1, 0.15) is 18.1 Å². The Morgan fingerprint density at radius 3 is 2.56 bits per heavy atom. The molecule has 0 bridgehead atoms. The molecule has 0 fully saturated rings. The third-order valence-electron chi connectivity index (χ3n) is 3.86. The molecular formula is C22H20BrNO3. The average molecular weight is 426 g/mol. The monoisotopic (exact) mass is 425 g/mol. The lowest BCUT2D eigenvalue weighted by molar-refractivity contribution is -0.118. The van der Waals surface area contributed by atoms with E-state index in [0.29, 0.717) is 23.8 Å². The van der Waals surface area contributed by atoms with E-state index in [1.165, 1.54) is 0 Å². The number of nitrogens with one attached hydrogen (secondary N) is 1. The second kappa shape index (κ2) is 9.24. The Hall–Kier alpha value is -2.79. The predicted octanol–water partition coefficient (Wildman–Crippen LogP) is 5.35. The van der Waals surface area contributed by atoms with Crippen LogP contribution in [-0.4, -0.2) is 12.5 Å². The molecule has 1 N–H and O–H groups in total. The summed E-state index contributed by atoms with van der Waals surface area (Å²) in [7, 11) is 0. The molecule has 0 aliphatic rings. The van der Waals surface area contributed by atoms with Gasteiger partial charge < -0.3 is 14.8 Å². The van der Waals surface area contributed by atoms with Gasteiger partial charge in [-0.2, -0.15) is 0 Å². The number of carbonyl (C=O) groups excluding carboxylic acids is 1. The fourth-order valence-corrected chi connectivity index (χ4v) is 3.00. The van der Waals surface area contributed by atoms with Gasteiger partial charge >= 0.3 is 0 Å². The molecule has 3 aromatic carbocycles. The van der Waals surface area contributed by atoms with Crippen LogP contribution in [0.25, 0.3) is 0 Å². The van der Waals surface area contributed by atoms with E-state index < -0.39 is 0 Å². The molecule has 5 heteroatoms. The predicted molar refractivity (Wildman–Crippen MR) is 110 cm³/mol. The standard InChI is InChI=1S/C22H20BrNO3/c1-16-12-18(23)10-11-21(16)27-15-22(25)24-19-8-5-9-20(13-19)26-14-17-6-3-2-4-7-17/h2-13H,14-15H2,1H3,(H,24,25). The molecule has 1 amide bonds. The molecule has 0 unspecified atom stereocenters. The van der Waals surface area contributed by atoms with Crippen LogP contribution in [0.3, 0.4) is 0 Å². The van der Waals surface area contributed by atoms with E-state index in [1.807, 2.05) is 73.7 Å². The molecule has 0 aliphatic carbocycles. The average Bonchev–Trinajstić information content (AvgIpc) is 2.67. The van der Waals surface area contributed by atoms with Crippen molar-refractivity contribution in [1.29, 1.82) is 0 Å². The molecule has 0 radical (unpaired) electrons. The summed E-state index contributed by atoms with van der Waals surface area (Å²) < 4.78 is 12.4. The maximum atomic E-state index is 12.2. The number of aryl methyl sites for hydroxylation is 1. The van der Waals surface area contributed by atoms with E-state index in [4.69, 9.17) is 9.47 Å². The summed E-state index contributed by atoms with van der Waals surface area (Å²) in [5.74, 6) is 1.16. The van der Waals surface area contributed by atoms with Crippen molar-refractivity contribution in [3.8, 4) is 11.5 Å². The van der Waals surface area contributed by atoms with Gasteiger partial charge in [-0.1, -0.05) is 52.3 Å². The SMILES string of the molecule is Cc1cc(Br)ccc1OCC(=O)Nc1cccc(OCc2ccccc2)c1. The van der Waals surface area contributed by atoms with Crippen molar-refractivity contribution >= 4 is 27.5 Å². The largest absolute Gasteiger partial charge is 0.489 e. The van der Waals surface area contributed by atoms with Crippen LogP contribution in [0.1, 0.15) is 11.1 Å². The molecular weight excluding hydrogens is 406 g/mol. The van der Waals surface area contributed by atoms with E-state index in [2.05, 4.69) is 21.2 Å². The minimum Gasteiger partial charge on any atom is -0.489 e. The summed E-state index contributed by atoms with van der Waals surface area (Å²) in [4.78, 5) is 12.2. The number of ether oxygens (including phenoxy) is 2. The van der Waals surface area contributed by atoms with Crippen LogP contribution < -0.4 is 14.8 Å². The third kappa shape index (κ3) is 5.86. The first-order valence-corrected chi connectivity index (χ1v) is 9.35. The summed E-state index contributed by atoms with van der Waals surface area (Å²) in [5.41, 5.74) is 2.72. The van der Waals surface area contributed by atoms with E-state index in [0.717, 1.165) is 15.6 Å². The van der Waals surface area contributed by atoms with Crippen molar-refractivity contribution in [3.63, 3.8) is 0 Å². The van der Waals surface area contributed by atoms with Crippen LogP contribution >= 0.6 is 15.9 Å². The fourth-order valence-electron chi connectivity index (χ4n) is 2.52. The van der Waals surface area contributed by atoms with Crippen molar-refractivity contribution in [1.82, 2.24) is 0 Å². The van der Waals surface area contributed by atoms with E-state index in [-0.39, 0.29) is 12.5 Å². The highest BCUT2D eigenvalue weighted by Gasteiger charge is 2.07. The van der Waals surface area contributed by atoms with Gasteiger partial charge in [0.25, 0.3) is 5.91 Å². The Kier molecular flexibility index (Phi) is 6.49. The van der Waals surface area contributed by atoms with Gasteiger partial charge in [0, 0.05) is 16.2 Å². The number of carbonyl (C=O) groups is 1. The van der Waals surface area contributed by atoms with Gasteiger partial charge in [0.15, 0.2) is 6.61 Å². The molecule has 138 valence electrons. The topological polar surface area (TPSA) is 47.6 Å². The first-order valence-electron chi connectivity index (χ1n) is 8.56. The Bertz CT molecular complexity index is 912. The molecule has 4 nitrogen and oxygen atoms in total. The molecule has 3 aromatic rings. The van der Waals surface area contributed by atoms with Crippen LogP contribution in [0.15, 0.2) is 77.3 Å². The van der Waals surface area contributed by atoms with Gasteiger partial charge in [-0.15, -0.1) is 0 Å². The molecule has 0 saturated carbocycles. The molecule has 27 heavy (non-hydrogen) atoms. The summed E-state index contributed by atoms with van der Waals surface area (Å²) in [6.07, 6.45) is 0. The van der Waals surface area contributed by atoms with E-state index in [1.54, 1.807) is 6.07 Å². The lowest BCUT2D eigenvalue weighted by atomic mass is 10.2. The Balaban J connectivity index is 1.53. The zero-order chi connectivity index (χ0) is 19.1. The smallest absolute Gasteiger partial charge is 0.262 e.